The van der Waals surface area contributed by atoms with Crippen LogP contribution in [-0.4, -0.2) is 73.7 Å². The standard InChI is InChI=1S/C28H28N6O5S/c1-29-27(38)28-12-17(28)22(23(36)24(28)37)34-14-31-21-25(30-9-7-15-3-5-18(35)19(11-15)39-2)32-20(33-26(21)34)6-4-16-8-10-40-13-16/h3,5,8,10-11,13-14,17,22-24,35-37H,7,9,12H2,1-2H3,(H,29,38)(H,30,32,33)/t17-,22-,23+,24+,28+/m1/s1. The predicted molar refractivity (Wildman–Crippen MR) is 148 cm³/mol. The van der Waals surface area contributed by atoms with Gasteiger partial charge in [0.2, 0.25) is 11.7 Å². The molecule has 40 heavy (non-hydrogen) atoms. The third kappa shape index (κ3) is 4.23. The number of aliphatic hydroxyl groups is 2. The first kappa shape index (κ1) is 26.1. The number of imidazole rings is 1. The number of ether oxygens (including phenoxy) is 1. The number of thiophene rings is 1. The molecule has 12 heteroatoms. The quantitative estimate of drug-likeness (QED) is 0.212. The number of hydrogen-bond acceptors (Lipinski definition) is 10. The number of anilines is 1. The highest BCUT2D eigenvalue weighted by molar-refractivity contribution is 7.08. The summed E-state index contributed by atoms with van der Waals surface area (Å²) in [5, 5.41) is 41.6. The molecule has 5 atom stereocenters. The molecular weight excluding hydrogens is 532 g/mol. The van der Waals surface area contributed by atoms with E-state index in [1.165, 1.54) is 14.2 Å². The van der Waals surface area contributed by atoms with Gasteiger partial charge in [-0.05, 0) is 47.9 Å². The van der Waals surface area contributed by atoms with E-state index in [1.807, 2.05) is 22.9 Å². The first-order valence-electron chi connectivity index (χ1n) is 12.8. The Morgan fingerprint density at radius 3 is 2.88 bits per heavy atom. The van der Waals surface area contributed by atoms with E-state index in [1.54, 1.807) is 34.4 Å². The highest BCUT2D eigenvalue weighted by atomic mass is 32.1. The number of rotatable bonds is 7. The van der Waals surface area contributed by atoms with E-state index in [9.17, 15) is 20.1 Å². The maximum absolute atomic E-state index is 12.6. The molecule has 2 aliphatic rings. The van der Waals surface area contributed by atoms with Crippen molar-refractivity contribution in [3.05, 3.63) is 58.3 Å². The van der Waals surface area contributed by atoms with Crippen LogP contribution >= 0.6 is 11.3 Å². The molecule has 3 aromatic heterocycles. The van der Waals surface area contributed by atoms with Crippen molar-refractivity contribution in [1.29, 1.82) is 0 Å². The topological polar surface area (TPSA) is 155 Å². The first-order valence-corrected chi connectivity index (χ1v) is 13.8. The number of nitrogens with zero attached hydrogens (tertiary/aromatic N) is 4. The Bertz CT molecular complexity index is 1640. The molecule has 2 aliphatic carbocycles. The van der Waals surface area contributed by atoms with Crippen molar-refractivity contribution in [1.82, 2.24) is 24.8 Å². The lowest BCUT2D eigenvalue weighted by atomic mass is 9.98. The van der Waals surface area contributed by atoms with Gasteiger partial charge in [0, 0.05) is 30.5 Å². The Hall–Kier alpha value is -4.18. The second-order valence-electron chi connectivity index (χ2n) is 10.0. The lowest BCUT2D eigenvalue weighted by Crippen LogP contribution is -2.41. The summed E-state index contributed by atoms with van der Waals surface area (Å²) >= 11 is 1.54. The summed E-state index contributed by atoms with van der Waals surface area (Å²) < 4.78 is 6.94. The molecular formula is C28H28N6O5S. The van der Waals surface area contributed by atoms with Crippen molar-refractivity contribution < 1.29 is 24.9 Å². The van der Waals surface area contributed by atoms with Crippen LogP contribution in [0.2, 0.25) is 0 Å². The monoisotopic (exact) mass is 560 g/mol. The number of aromatic hydroxyl groups is 1. The average Bonchev–Trinajstić information content (AvgIpc) is 3.22. The molecule has 4 aromatic rings. The Labute approximate surface area is 233 Å². The van der Waals surface area contributed by atoms with Crippen LogP contribution in [0.15, 0.2) is 41.4 Å². The summed E-state index contributed by atoms with van der Waals surface area (Å²) in [6, 6.07) is 6.52. The summed E-state index contributed by atoms with van der Waals surface area (Å²) in [6.07, 6.45) is 0.295. The van der Waals surface area contributed by atoms with Crippen LogP contribution in [0.5, 0.6) is 11.5 Å². The van der Waals surface area contributed by atoms with Gasteiger partial charge < -0.3 is 35.3 Å². The number of amides is 1. The molecule has 11 nitrogen and oxygen atoms in total. The molecule has 0 aliphatic heterocycles. The highest BCUT2D eigenvalue weighted by Crippen LogP contribution is 2.67. The van der Waals surface area contributed by atoms with Gasteiger partial charge in [0.15, 0.2) is 28.5 Å². The Morgan fingerprint density at radius 2 is 2.12 bits per heavy atom. The molecule has 0 spiro atoms. The third-order valence-electron chi connectivity index (χ3n) is 7.86. The number of aliphatic hydroxyl groups excluding tert-OH is 2. The van der Waals surface area contributed by atoms with Gasteiger partial charge in [0.05, 0.1) is 31.0 Å². The van der Waals surface area contributed by atoms with Crippen LogP contribution in [0.3, 0.4) is 0 Å². The molecule has 1 aromatic carbocycles. The molecule has 2 saturated carbocycles. The molecule has 3 heterocycles. The van der Waals surface area contributed by atoms with Crippen LogP contribution in [0, 0.1) is 23.2 Å². The van der Waals surface area contributed by atoms with Crippen molar-refractivity contribution in [3.63, 3.8) is 0 Å². The molecule has 0 bridgehead atoms. The minimum absolute atomic E-state index is 0.0754. The number of aromatic nitrogens is 4. The molecule has 5 N–H and O–H groups in total. The van der Waals surface area contributed by atoms with Gasteiger partial charge in [-0.3, -0.25) is 4.79 Å². The summed E-state index contributed by atoms with van der Waals surface area (Å²) in [6.45, 7) is 0.497. The number of fused-ring (bicyclic) bond motifs is 2. The van der Waals surface area contributed by atoms with Crippen molar-refractivity contribution in [2.45, 2.75) is 31.1 Å². The fourth-order valence-electron chi connectivity index (χ4n) is 5.77. The van der Waals surface area contributed by atoms with Crippen LogP contribution in [0.25, 0.3) is 11.2 Å². The summed E-state index contributed by atoms with van der Waals surface area (Å²) in [4.78, 5) is 26.5. The Kier molecular flexibility index (Phi) is 6.58. The number of phenolic OH excluding ortho intramolecular Hbond substituents is 1. The zero-order valence-corrected chi connectivity index (χ0v) is 22.6. The lowest BCUT2D eigenvalue weighted by molar-refractivity contribution is -0.132. The molecule has 2 fully saturated rings. The van der Waals surface area contributed by atoms with Crippen LogP contribution in [-0.2, 0) is 11.2 Å². The third-order valence-corrected chi connectivity index (χ3v) is 8.54. The zero-order chi connectivity index (χ0) is 28.0. The number of carbonyl (C=O) groups is 1. The van der Waals surface area contributed by atoms with Crippen molar-refractivity contribution in [2.24, 2.45) is 11.3 Å². The number of hydrogen-bond donors (Lipinski definition) is 5. The van der Waals surface area contributed by atoms with Crippen LogP contribution in [0.1, 0.15) is 29.4 Å². The van der Waals surface area contributed by atoms with Gasteiger partial charge >= 0.3 is 0 Å². The van der Waals surface area contributed by atoms with Crippen LogP contribution in [0.4, 0.5) is 5.82 Å². The molecule has 0 unspecified atom stereocenters. The summed E-state index contributed by atoms with van der Waals surface area (Å²) in [5.74, 6) is 6.79. The second kappa shape index (κ2) is 10.1. The minimum atomic E-state index is -1.19. The maximum atomic E-state index is 12.6. The first-order chi connectivity index (χ1) is 19.4. The Balaban J connectivity index is 1.34. The van der Waals surface area contributed by atoms with Gasteiger partial charge in [-0.15, -0.1) is 0 Å². The van der Waals surface area contributed by atoms with E-state index in [0.29, 0.717) is 42.1 Å². The molecule has 206 valence electrons. The van der Waals surface area contributed by atoms with Crippen molar-refractivity contribution >= 4 is 34.2 Å². The summed E-state index contributed by atoms with van der Waals surface area (Å²) in [7, 11) is 3.04. The van der Waals surface area contributed by atoms with E-state index in [2.05, 4.69) is 37.4 Å². The molecule has 1 amide bonds. The van der Waals surface area contributed by atoms with E-state index >= 15 is 0 Å². The number of phenols is 1. The van der Waals surface area contributed by atoms with Gasteiger partial charge in [-0.25, -0.2) is 15.0 Å². The van der Waals surface area contributed by atoms with Gasteiger partial charge in [-0.1, -0.05) is 12.0 Å². The van der Waals surface area contributed by atoms with E-state index in [4.69, 9.17) is 4.74 Å². The largest absolute Gasteiger partial charge is 0.504 e. The SMILES string of the molecule is CNC(=O)[C@@]12C[C@@H]1[C@@H](n1cnc3c(NCCc4ccc(O)c(OC)c4)nc(C#Cc4ccsc4)nc31)[C@H](O)[C@@H]2O. The number of nitrogens with one attached hydrogen (secondary N) is 2. The smallest absolute Gasteiger partial charge is 0.229 e. The molecule has 0 radical (unpaired) electrons. The maximum Gasteiger partial charge on any atom is 0.229 e. The second-order valence-corrected chi connectivity index (χ2v) is 10.8. The van der Waals surface area contributed by atoms with Gasteiger partial charge in [0.25, 0.3) is 0 Å². The normalized spacial score (nSPS) is 24.7. The summed E-state index contributed by atoms with van der Waals surface area (Å²) in [5.41, 5.74) is 1.73. The van der Waals surface area contributed by atoms with Crippen molar-refractivity contribution in [3.8, 4) is 23.3 Å². The predicted octanol–water partition coefficient (Wildman–Crippen LogP) is 1.69. The number of carbonyl (C=O) groups excluding carboxylic acids is 1. The fourth-order valence-corrected chi connectivity index (χ4v) is 6.35. The highest BCUT2D eigenvalue weighted by Gasteiger charge is 2.75. The van der Waals surface area contributed by atoms with Crippen molar-refractivity contribution in [2.75, 3.05) is 26.0 Å². The lowest BCUT2D eigenvalue weighted by Gasteiger charge is -2.23. The molecule has 0 saturated heterocycles. The van der Waals surface area contributed by atoms with Gasteiger partial charge in [0.1, 0.15) is 6.10 Å². The zero-order valence-electron chi connectivity index (χ0n) is 21.8. The van der Waals surface area contributed by atoms with Crippen LogP contribution < -0.4 is 15.4 Å². The number of benzene rings is 1. The average molecular weight is 561 g/mol. The Morgan fingerprint density at radius 1 is 1.27 bits per heavy atom. The number of methoxy groups -OCH3 is 1. The van der Waals surface area contributed by atoms with Gasteiger partial charge in [-0.2, -0.15) is 11.3 Å². The molecule has 6 rings (SSSR count). The minimum Gasteiger partial charge on any atom is -0.504 e. The van der Waals surface area contributed by atoms with E-state index in [-0.39, 0.29) is 23.4 Å². The van der Waals surface area contributed by atoms with E-state index in [0.717, 1.165) is 11.1 Å². The van der Waals surface area contributed by atoms with E-state index < -0.39 is 23.7 Å². The fraction of sp³-hybridized carbons (Fsp3) is 0.357.